The Kier molecular flexibility index (Phi) is 3.95. The quantitative estimate of drug-likeness (QED) is 0.833. The summed E-state index contributed by atoms with van der Waals surface area (Å²) in [6, 6.07) is 11.9. The molecule has 1 unspecified atom stereocenters. The molecule has 18 heavy (non-hydrogen) atoms. The van der Waals surface area contributed by atoms with Gasteiger partial charge in [-0.3, -0.25) is 0 Å². The molecule has 0 aliphatic rings. The Morgan fingerprint density at radius 2 is 1.78 bits per heavy atom. The molecule has 0 aliphatic carbocycles. The summed E-state index contributed by atoms with van der Waals surface area (Å²) < 4.78 is 0.947. The topological polar surface area (TPSA) is 20.2 Å². The fourth-order valence-electron chi connectivity index (χ4n) is 1.75. The first kappa shape index (κ1) is 13.8. The first-order chi connectivity index (χ1) is 8.39. The maximum absolute atomic E-state index is 10.4. The first-order valence-electron chi connectivity index (χ1n) is 5.92. The van der Waals surface area contributed by atoms with Gasteiger partial charge in [0.1, 0.15) is 6.10 Å². The Bertz CT molecular complexity index is 539. The van der Waals surface area contributed by atoms with Crippen LogP contribution in [0.3, 0.4) is 0 Å². The molecule has 1 heterocycles. The molecule has 1 N–H and O–H groups in total. The standard InChI is InChI=1S/C15H17BrOS/c1-15(2,3)13-9-8-12(18-13)14(17)10-6-4-5-7-11(10)16/h4-9,14,17H,1-3H3. The maximum atomic E-state index is 10.4. The monoisotopic (exact) mass is 324 g/mol. The minimum absolute atomic E-state index is 0.135. The van der Waals surface area contributed by atoms with Crippen molar-refractivity contribution in [2.24, 2.45) is 0 Å². The van der Waals surface area contributed by atoms with E-state index < -0.39 is 6.10 Å². The minimum Gasteiger partial charge on any atom is -0.383 e. The summed E-state index contributed by atoms with van der Waals surface area (Å²) in [5.41, 5.74) is 1.05. The fourth-order valence-corrected chi connectivity index (χ4v) is 3.33. The minimum atomic E-state index is -0.554. The number of hydrogen-bond donors (Lipinski definition) is 1. The second-order valence-corrected chi connectivity index (χ2v) is 7.35. The molecule has 1 nitrogen and oxygen atoms in total. The van der Waals surface area contributed by atoms with E-state index >= 15 is 0 Å². The van der Waals surface area contributed by atoms with Crippen LogP contribution in [0.4, 0.5) is 0 Å². The molecule has 0 spiro atoms. The molecule has 1 aromatic heterocycles. The number of halogens is 1. The van der Waals surface area contributed by atoms with Crippen molar-refractivity contribution >= 4 is 27.3 Å². The van der Waals surface area contributed by atoms with E-state index in [1.807, 2.05) is 30.3 Å². The van der Waals surface area contributed by atoms with Crippen molar-refractivity contribution < 1.29 is 5.11 Å². The molecule has 1 aromatic carbocycles. The molecule has 2 rings (SSSR count). The van der Waals surface area contributed by atoms with Crippen LogP contribution in [0.1, 0.15) is 42.2 Å². The van der Waals surface area contributed by atoms with Gasteiger partial charge in [-0.05, 0) is 29.2 Å². The summed E-state index contributed by atoms with van der Waals surface area (Å²) in [6.07, 6.45) is -0.554. The van der Waals surface area contributed by atoms with Crippen LogP contribution in [0, 0.1) is 0 Å². The Morgan fingerprint density at radius 3 is 2.33 bits per heavy atom. The van der Waals surface area contributed by atoms with Gasteiger partial charge in [-0.2, -0.15) is 0 Å². The molecule has 96 valence electrons. The SMILES string of the molecule is CC(C)(C)c1ccc(C(O)c2ccccc2Br)s1. The number of rotatable bonds is 2. The molecule has 0 bridgehead atoms. The lowest BCUT2D eigenvalue weighted by Gasteiger charge is -2.16. The molecule has 3 heteroatoms. The zero-order chi connectivity index (χ0) is 13.3. The average molecular weight is 325 g/mol. The van der Waals surface area contributed by atoms with Crippen LogP contribution < -0.4 is 0 Å². The molecule has 0 aliphatic heterocycles. The molecule has 0 amide bonds. The lowest BCUT2D eigenvalue weighted by molar-refractivity contribution is 0.223. The van der Waals surface area contributed by atoms with Crippen LogP contribution in [0.15, 0.2) is 40.9 Å². The Morgan fingerprint density at radius 1 is 1.11 bits per heavy atom. The molecular formula is C15H17BrOS. The highest BCUT2D eigenvalue weighted by Gasteiger charge is 2.20. The van der Waals surface area contributed by atoms with E-state index in [0.717, 1.165) is 14.9 Å². The summed E-state index contributed by atoms with van der Waals surface area (Å²) >= 11 is 5.17. The average Bonchev–Trinajstić information content (AvgIpc) is 2.77. The van der Waals surface area contributed by atoms with Gasteiger partial charge in [-0.25, -0.2) is 0 Å². The summed E-state index contributed by atoms with van der Waals surface area (Å²) in [5.74, 6) is 0. The Balaban J connectivity index is 2.33. The molecule has 0 fully saturated rings. The van der Waals surface area contributed by atoms with Crippen molar-refractivity contribution in [3.63, 3.8) is 0 Å². The van der Waals surface area contributed by atoms with Gasteiger partial charge in [0, 0.05) is 14.2 Å². The van der Waals surface area contributed by atoms with E-state index in [1.54, 1.807) is 11.3 Å². The van der Waals surface area contributed by atoms with Crippen molar-refractivity contribution in [1.29, 1.82) is 0 Å². The zero-order valence-corrected chi connectivity index (χ0v) is 13.2. The summed E-state index contributed by atoms with van der Waals surface area (Å²) in [7, 11) is 0. The molecule has 0 radical (unpaired) electrons. The summed E-state index contributed by atoms with van der Waals surface area (Å²) in [6.45, 7) is 6.56. The van der Waals surface area contributed by atoms with Crippen molar-refractivity contribution in [2.45, 2.75) is 32.3 Å². The largest absolute Gasteiger partial charge is 0.383 e. The van der Waals surface area contributed by atoms with E-state index in [2.05, 4.69) is 42.8 Å². The first-order valence-corrected chi connectivity index (χ1v) is 7.53. The second-order valence-electron chi connectivity index (χ2n) is 5.38. The predicted molar refractivity (Wildman–Crippen MR) is 81.2 cm³/mol. The van der Waals surface area contributed by atoms with Gasteiger partial charge in [0.25, 0.3) is 0 Å². The third kappa shape index (κ3) is 2.85. The number of hydrogen-bond acceptors (Lipinski definition) is 2. The van der Waals surface area contributed by atoms with Crippen LogP contribution >= 0.6 is 27.3 Å². The van der Waals surface area contributed by atoms with E-state index in [4.69, 9.17) is 0 Å². The second kappa shape index (κ2) is 5.16. The molecule has 2 aromatic rings. The van der Waals surface area contributed by atoms with Crippen LogP contribution in [0.2, 0.25) is 0 Å². The van der Waals surface area contributed by atoms with Gasteiger partial charge in [0.2, 0.25) is 0 Å². The van der Waals surface area contributed by atoms with Gasteiger partial charge >= 0.3 is 0 Å². The van der Waals surface area contributed by atoms with Crippen molar-refractivity contribution in [2.75, 3.05) is 0 Å². The van der Waals surface area contributed by atoms with Crippen LogP contribution in [0.5, 0.6) is 0 Å². The summed E-state index contributed by atoms with van der Waals surface area (Å²) in [4.78, 5) is 2.29. The highest BCUT2D eigenvalue weighted by atomic mass is 79.9. The van der Waals surface area contributed by atoms with Crippen LogP contribution in [0.25, 0.3) is 0 Å². The third-order valence-electron chi connectivity index (χ3n) is 2.84. The van der Waals surface area contributed by atoms with Crippen molar-refractivity contribution in [3.05, 3.63) is 56.2 Å². The normalized spacial score (nSPS) is 13.6. The number of thiophene rings is 1. The van der Waals surface area contributed by atoms with Crippen LogP contribution in [-0.2, 0) is 5.41 Å². The van der Waals surface area contributed by atoms with Gasteiger partial charge in [0.05, 0.1) is 0 Å². The zero-order valence-electron chi connectivity index (χ0n) is 10.8. The Labute approximate surface area is 121 Å². The number of aliphatic hydroxyl groups is 1. The molecule has 0 saturated carbocycles. The van der Waals surface area contributed by atoms with E-state index in [1.165, 1.54) is 4.88 Å². The van der Waals surface area contributed by atoms with Gasteiger partial charge in [0.15, 0.2) is 0 Å². The van der Waals surface area contributed by atoms with Crippen LogP contribution in [-0.4, -0.2) is 5.11 Å². The predicted octanol–water partition coefficient (Wildman–Crippen LogP) is 4.89. The number of aliphatic hydroxyl groups excluding tert-OH is 1. The third-order valence-corrected chi connectivity index (χ3v) is 5.12. The molecule has 0 saturated heterocycles. The lowest BCUT2D eigenvalue weighted by Crippen LogP contribution is -2.07. The van der Waals surface area contributed by atoms with E-state index in [-0.39, 0.29) is 5.41 Å². The number of benzene rings is 1. The van der Waals surface area contributed by atoms with E-state index in [9.17, 15) is 5.11 Å². The Hall–Kier alpha value is -0.640. The lowest BCUT2D eigenvalue weighted by atomic mass is 9.95. The molecular weight excluding hydrogens is 308 g/mol. The van der Waals surface area contributed by atoms with Crippen molar-refractivity contribution in [1.82, 2.24) is 0 Å². The fraction of sp³-hybridized carbons (Fsp3) is 0.333. The maximum Gasteiger partial charge on any atom is 0.114 e. The van der Waals surface area contributed by atoms with Gasteiger partial charge < -0.3 is 5.11 Å². The highest BCUT2D eigenvalue weighted by molar-refractivity contribution is 9.10. The molecule has 1 atom stereocenters. The highest BCUT2D eigenvalue weighted by Crippen LogP contribution is 2.36. The van der Waals surface area contributed by atoms with Gasteiger partial charge in [-0.15, -0.1) is 11.3 Å². The smallest absolute Gasteiger partial charge is 0.114 e. The van der Waals surface area contributed by atoms with Gasteiger partial charge in [-0.1, -0.05) is 54.9 Å². The van der Waals surface area contributed by atoms with E-state index in [0.29, 0.717) is 0 Å². The summed E-state index contributed by atoms with van der Waals surface area (Å²) in [5, 5.41) is 10.4. The van der Waals surface area contributed by atoms with Crippen molar-refractivity contribution in [3.8, 4) is 0 Å².